The fourth-order valence-electron chi connectivity index (χ4n) is 3.09. The van der Waals surface area contributed by atoms with E-state index in [4.69, 9.17) is 4.42 Å². The molecule has 1 atom stereocenters. The van der Waals surface area contributed by atoms with E-state index in [-0.39, 0.29) is 23.6 Å². The van der Waals surface area contributed by atoms with E-state index < -0.39 is 35.1 Å². The van der Waals surface area contributed by atoms with E-state index in [1.165, 1.54) is 40.7 Å². The number of thioether (sulfide) groups is 1. The van der Waals surface area contributed by atoms with E-state index in [9.17, 15) is 21.8 Å². The second-order valence-corrected chi connectivity index (χ2v) is 9.48. The highest BCUT2D eigenvalue weighted by Crippen LogP contribution is 2.27. The molecule has 1 saturated heterocycles. The summed E-state index contributed by atoms with van der Waals surface area (Å²) in [6.07, 6.45) is -2.92. The molecule has 12 heteroatoms. The van der Waals surface area contributed by atoms with Crippen LogP contribution in [0.3, 0.4) is 0 Å². The fourth-order valence-corrected chi connectivity index (χ4v) is 5.55. The minimum atomic E-state index is -2.92. The van der Waals surface area contributed by atoms with Crippen molar-refractivity contribution in [1.29, 1.82) is 0 Å². The molecule has 0 bridgehead atoms. The molecule has 1 aliphatic heterocycles. The minimum Gasteiger partial charge on any atom is -0.415 e. The van der Waals surface area contributed by atoms with Crippen molar-refractivity contribution in [1.82, 2.24) is 14.5 Å². The molecule has 0 aliphatic carbocycles. The average Bonchev–Trinajstić information content (AvgIpc) is 3.30. The first kappa shape index (κ1) is 22.7. The Labute approximate surface area is 188 Å². The number of nitrogens with zero attached hydrogens (tertiary/aromatic N) is 4. The van der Waals surface area contributed by atoms with Gasteiger partial charge in [-0.15, -0.1) is 10.2 Å². The summed E-state index contributed by atoms with van der Waals surface area (Å²) in [6.45, 7) is 1.17. The van der Waals surface area contributed by atoms with Crippen LogP contribution in [0, 0.1) is 11.6 Å². The number of hydrogen-bond acceptors (Lipinski definition) is 5. The molecule has 170 valence electrons. The average molecular weight is 487 g/mol. The Hall–Kier alpha value is -2.44. The fraction of sp³-hybridized carbons (Fsp3) is 0.300. The van der Waals surface area contributed by atoms with E-state index in [0.717, 1.165) is 17.6 Å². The molecule has 1 aliphatic rings. The predicted octanol–water partition coefficient (Wildman–Crippen LogP) is 4.59. The second kappa shape index (κ2) is 10.0. The van der Waals surface area contributed by atoms with Crippen molar-refractivity contribution < 1.29 is 26.2 Å². The maximum absolute atomic E-state index is 14.9. The first-order valence-electron chi connectivity index (χ1n) is 9.60. The zero-order valence-corrected chi connectivity index (χ0v) is 18.2. The number of benzene rings is 2. The van der Waals surface area contributed by atoms with Crippen molar-refractivity contribution in [2.45, 2.75) is 13.0 Å². The van der Waals surface area contributed by atoms with Crippen LogP contribution < -0.4 is 4.31 Å². The minimum absolute atomic E-state index is 0.0554. The summed E-state index contributed by atoms with van der Waals surface area (Å²) in [7, 11) is 0. The normalized spacial score (nSPS) is 15.8. The van der Waals surface area contributed by atoms with Crippen molar-refractivity contribution in [2.24, 2.45) is 0 Å². The molecular weight excluding hydrogens is 468 g/mol. The molecule has 0 amide bonds. The molecule has 0 spiro atoms. The van der Waals surface area contributed by atoms with Gasteiger partial charge in [0.15, 0.2) is 11.2 Å². The maximum Gasteiger partial charge on any atom is 0.314 e. The van der Waals surface area contributed by atoms with Crippen LogP contribution in [0.25, 0.3) is 11.5 Å². The third-order valence-electron chi connectivity index (χ3n) is 4.74. The highest BCUT2D eigenvalue weighted by atomic mass is 32.2. The number of alkyl halides is 2. The van der Waals surface area contributed by atoms with Crippen LogP contribution in [0.2, 0.25) is 0 Å². The molecular formula is C20H18F4N4O2S2. The summed E-state index contributed by atoms with van der Waals surface area (Å²) in [5.41, 5.74) is 0.837. The lowest BCUT2D eigenvalue weighted by molar-refractivity contribution is 0.116. The second-order valence-electron chi connectivity index (χ2n) is 6.84. The highest BCUT2D eigenvalue weighted by molar-refractivity contribution is 7.99. The van der Waals surface area contributed by atoms with Crippen LogP contribution in [0.1, 0.15) is 17.9 Å². The van der Waals surface area contributed by atoms with E-state index in [0.29, 0.717) is 18.8 Å². The van der Waals surface area contributed by atoms with Gasteiger partial charge in [-0.1, -0.05) is 6.07 Å². The molecule has 6 nitrogen and oxygen atoms in total. The van der Waals surface area contributed by atoms with Crippen molar-refractivity contribution in [3.63, 3.8) is 0 Å². The molecule has 1 unspecified atom stereocenters. The third kappa shape index (κ3) is 5.13. The molecule has 0 N–H and O–H groups in total. The number of hydrogen-bond donors (Lipinski definition) is 0. The van der Waals surface area contributed by atoms with Crippen molar-refractivity contribution in [3.05, 3.63) is 65.6 Å². The Balaban J connectivity index is 1.60. The molecule has 3 aromatic rings. The Morgan fingerprint density at radius 2 is 1.81 bits per heavy atom. The van der Waals surface area contributed by atoms with Gasteiger partial charge in [0, 0.05) is 35.7 Å². The Kier molecular flexibility index (Phi) is 7.11. The van der Waals surface area contributed by atoms with Crippen molar-refractivity contribution in [3.8, 4) is 11.5 Å². The number of aromatic nitrogens is 2. The summed E-state index contributed by atoms with van der Waals surface area (Å²) < 4.78 is 75.1. The van der Waals surface area contributed by atoms with Crippen LogP contribution >= 0.6 is 11.8 Å². The summed E-state index contributed by atoms with van der Waals surface area (Å²) in [5, 5.41) is 6.76. The molecule has 0 radical (unpaired) electrons. The van der Waals surface area contributed by atoms with E-state index in [1.807, 2.05) is 0 Å². The van der Waals surface area contributed by atoms with Gasteiger partial charge in [-0.2, -0.15) is 20.5 Å². The standard InChI is InChI=1S/C20H18F4N4O2S2/c21-15-3-5-16(6-4-15)28(32(29)27-7-9-31-10-8-27)12-14-2-1-13(11-17(14)22)19-25-26-20(30-19)18(23)24/h1-6,11,18H,7-10,12H2. The summed E-state index contributed by atoms with van der Waals surface area (Å²) in [4.78, 5) is 0. The van der Waals surface area contributed by atoms with Crippen LogP contribution in [-0.2, 0) is 17.7 Å². The van der Waals surface area contributed by atoms with Crippen LogP contribution in [0.4, 0.5) is 23.2 Å². The number of rotatable bonds is 7. The van der Waals surface area contributed by atoms with Crippen molar-refractivity contribution >= 4 is 28.6 Å². The third-order valence-corrected chi connectivity index (χ3v) is 7.20. The molecule has 1 aromatic heterocycles. The quantitative estimate of drug-likeness (QED) is 0.458. The predicted molar refractivity (Wildman–Crippen MR) is 114 cm³/mol. The largest absolute Gasteiger partial charge is 0.415 e. The van der Waals surface area contributed by atoms with Crippen LogP contribution in [-0.4, -0.2) is 43.3 Å². The Bertz CT molecular complexity index is 1090. The van der Waals surface area contributed by atoms with E-state index in [2.05, 4.69) is 10.2 Å². The molecule has 4 rings (SSSR count). The molecule has 32 heavy (non-hydrogen) atoms. The monoisotopic (exact) mass is 486 g/mol. The molecule has 2 heterocycles. The van der Waals surface area contributed by atoms with E-state index in [1.54, 1.807) is 16.1 Å². The van der Waals surface area contributed by atoms with Crippen LogP contribution in [0.5, 0.6) is 0 Å². The van der Waals surface area contributed by atoms with Gasteiger partial charge in [0.1, 0.15) is 11.6 Å². The highest BCUT2D eigenvalue weighted by Gasteiger charge is 2.25. The summed E-state index contributed by atoms with van der Waals surface area (Å²) >= 11 is 0.150. The van der Waals surface area contributed by atoms with E-state index >= 15 is 0 Å². The number of halogens is 4. The SMILES string of the molecule is O=S(N1CCSCC1)N(Cc1ccc(-c2nnc(C(F)F)o2)cc1F)c1ccc(F)cc1. The van der Waals surface area contributed by atoms with Gasteiger partial charge in [-0.05, 0) is 36.4 Å². The molecule has 0 saturated carbocycles. The lowest BCUT2D eigenvalue weighted by Gasteiger charge is -2.32. The van der Waals surface area contributed by atoms with Gasteiger partial charge in [0.25, 0.3) is 5.89 Å². The Morgan fingerprint density at radius 3 is 2.44 bits per heavy atom. The topological polar surface area (TPSA) is 62.5 Å². The lowest BCUT2D eigenvalue weighted by Crippen LogP contribution is -2.42. The maximum atomic E-state index is 14.9. The number of anilines is 1. The van der Waals surface area contributed by atoms with Crippen molar-refractivity contribution in [2.75, 3.05) is 28.9 Å². The van der Waals surface area contributed by atoms with Gasteiger partial charge in [0.2, 0.25) is 5.89 Å². The first-order valence-corrected chi connectivity index (χ1v) is 11.8. The smallest absolute Gasteiger partial charge is 0.314 e. The zero-order valence-electron chi connectivity index (χ0n) is 16.6. The zero-order chi connectivity index (χ0) is 22.7. The molecule has 2 aromatic carbocycles. The Morgan fingerprint density at radius 1 is 1.09 bits per heavy atom. The van der Waals surface area contributed by atoms with Crippen LogP contribution in [0.15, 0.2) is 46.9 Å². The van der Waals surface area contributed by atoms with Gasteiger partial charge in [-0.3, -0.25) is 4.31 Å². The summed E-state index contributed by atoms with van der Waals surface area (Å²) in [5.74, 6) is -0.504. The van der Waals surface area contributed by atoms with Gasteiger partial charge >= 0.3 is 6.43 Å². The molecule has 1 fully saturated rings. The van der Waals surface area contributed by atoms with Gasteiger partial charge in [0.05, 0.1) is 12.2 Å². The summed E-state index contributed by atoms with van der Waals surface area (Å²) in [6, 6.07) is 9.48. The lowest BCUT2D eigenvalue weighted by atomic mass is 10.1. The first-order chi connectivity index (χ1) is 15.4. The van der Waals surface area contributed by atoms with Gasteiger partial charge < -0.3 is 4.42 Å². The van der Waals surface area contributed by atoms with Gasteiger partial charge in [-0.25, -0.2) is 17.3 Å².